The van der Waals surface area contributed by atoms with E-state index in [9.17, 15) is 5.11 Å². The summed E-state index contributed by atoms with van der Waals surface area (Å²) < 4.78 is 26.0. The molecule has 0 aromatic carbocycles. The number of ether oxygens (including phenoxy) is 2. The van der Waals surface area contributed by atoms with Crippen LogP contribution in [0.4, 0.5) is 0 Å². The quantitative estimate of drug-likeness (QED) is 0.674. The van der Waals surface area contributed by atoms with Crippen LogP contribution in [0.25, 0.3) is 0 Å². The Balaban J connectivity index is 2.02. The maximum Gasteiger partial charge on any atom is 0.163 e. The summed E-state index contributed by atoms with van der Waals surface area (Å²) in [7, 11) is 0. The van der Waals surface area contributed by atoms with Crippen LogP contribution in [0.5, 0.6) is 0 Å². The molecule has 1 saturated heterocycles. The lowest BCUT2D eigenvalue weighted by Gasteiger charge is -2.27. The van der Waals surface area contributed by atoms with Gasteiger partial charge < -0.3 is 14.6 Å². The zero-order valence-electron chi connectivity index (χ0n) is 10.1. The molecule has 1 heterocycles. The van der Waals surface area contributed by atoms with Gasteiger partial charge in [0.2, 0.25) is 0 Å². The van der Waals surface area contributed by atoms with Gasteiger partial charge in [0.05, 0.1) is 14.9 Å². The summed E-state index contributed by atoms with van der Waals surface area (Å²) in [5.41, 5.74) is 0. The van der Waals surface area contributed by atoms with Gasteiger partial charge >= 0.3 is 0 Å². The van der Waals surface area contributed by atoms with Gasteiger partial charge in [0.1, 0.15) is 0 Å². The van der Waals surface area contributed by atoms with Crippen molar-refractivity contribution in [2.24, 2.45) is 5.92 Å². The lowest BCUT2D eigenvalue weighted by Crippen LogP contribution is -2.32. The van der Waals surface area contributed by atoms with E-state index in [1.165, 1.54) is 0 Å². The summed E-state index contributed by atoms with van der Waals surface area (Å²) in [5.74, 6) is -0.900. The van der Waals surface area contributed by atoms with E-state index in [0.29, 0.717) is 12.8 Å². The van der Waals surface area contributed by atoms with Crippen molar-refractivity contribution in [3.05, 3.63) is 0 Å². The van der Waals surface area contributed by atoms with Crippen LogP contribution in [-0.4, -0.2) is 29.7 Å². The van der Waals surface area contributed by atoms with E-state index >= 15 is 0 Å². The maximum atomic E-state index is 9.33. The first-order valence-corrected chi connectivity index (χ1v) is 4.86. The third kappa shape index (κ3) is 1.87. The van der Waals surface area contributed by atoms with Crippen molar-refractivity contribution >= 4 is 0 Å². The van der Waals surface area contributed by atoms with E-state index in [1.807, 2.05) is 13.8 Å². The molecular weight excluding hydrogens is 168 g/mol. The van der Waals surface area contributed by atoms with E-state index < -0.39 is 12.3 Å². The number of aliphatic hydroxyl groups is 1. The third-order valence-electron chi connectivity index (χ3n) is 2.78. The van der Waals surface area contributed by atoms with E-state index in [0.717, 1.165) is 6.42 Å². The van der Waals surface area contributed by atoms with E-state index in [-0.39, 0.29) is 18.1 Å². The summed E-state index contributed by atoms with van der Waals surface area (Å²) in [5, 5.41) is 9.33. The fourth-order valence-electron chi connectivity index (χ4n) is 2.23. The minimum atomic E-state index is -2.10. The molecule has 0 bridgehead atoms. The molecule has 0 spiro atoms. The molecule has 2 rings (SSSR count). The second kappa shape index (κ2) is 3.23. The molecular formula is C10H18O3. The number of fused-ring (bicyclic) bond motifs is 1. The first kappa shape index (κ1) is 7.21. The molecule has 0 amide bonds. The van der Waals surface area contributed by atoms with Crippen molar-refractivity contribution in [1.82, 2.24) is 0 Å². The van der Waals surface area contributed by atoms with Crippen molar-refractivity contribution in [3.8, 4) is 0 Å². The molecule has 76 valence electrons. The summed E-state index contributed by atoms with van der Waals surface area (Å²) >= 11 is 0. The Kier molecular flexibility index (Phi) is 1.79. The van der Waals surface area contributed by atoms with Crippen LogP contribution >= 0.6 is 0 Å². The zero-order valence-corrected chi connectivity index (χ0v) is 8.12. The van der Waals surface area contributed by atoms with Gasteiger partial charge in [0, 0.05) is 6.56 Å². The molecule has 1 aliphatic carbocycles. The van der Waals surface area contributed by atoms with Crippen molar-refractivity contribution in [2.75, 3.05) is 6.56 Å². The predicted octanol–water partition coefficient (Wildman–Crippen LogP) is 1.30. The highest BCUT2D eigenvalue weighted by Crippen LogP contribution is 2.38. The van der Waals surface area contributed by atoms with Crippen LogP contribution in [-0.2, 0) is 9.47 Å². The molecule has 1 unspecified atom stereocenters. The molecule has 3 heteroatoms. The molecule has 1 N–H and O–H groups in total. The smallest absolute Gasteiger partial charge is 0.163 e. The second-order valence-corrected chi connectivity index (χ2v) is 4.35. The van der Waals surface area contributed by atoms with Gasteiger partial charge in [0.15, 0.2) is 5.79 Å². The lowest BCUT2D eigenvalue weighted by molar-refractivity contribution is -0.145. The molecule has 2 fully saturated rings. The number of hydrogen-bond donors (Lipinski definition) is 1. The Hall–Kier alpha value is -0.120. The molecule has 0 aromatic rings. The molecule has 3 nitrogen and oxygen atoms in total. The molecule has 2 aliphatic rings. The van der Waals surface area contributed by atoms with Crippen LogP contribution in [0.3, 0.4) is 0 Å². The van der Waals surface area contributed by atoms with Crippen molar-refractivity contribution in [2.45, 2.75) is 51.1 Å². The Morgan fingerprint density at radius 3 is 2.77 bits per heavy atom. The van der Waals surface area contributed by atoms with Crippen LogP contribution in [0, 0.1) is 5.92 Å². The Bertz CT molecular complexity index is 250. The van der Waals surface area contributed by atoms with Crippen LogP contribution in [0.2, 0.25) is 0 Å². The van der Waals surface area contributed by atoms with E-state index in [2.05, 4.69) is 0 Å². The fourth-order valence-corrected chi connectivity index (χ4v) is 2.23. The first-order valence-electron chi connectivity index (χ1n) is 5.86. The van der Waals surface area contributed by atoms with Gasteiger partial charge in [-0.1, -0.05) is 0 Å². The van der Waals surface area contributed by atoms with Crippen LogP contribution in [0.15, 0.2) is 0 Å². The summed E-state index contributed by atoms with van der Waals surface area (Å²) in [6, 6.07) is 0. The molecule has 3 atom stereocenters. The Labute approximate surface area is 81.8 Å². The minimum Gasteiger partial charge on any atom is -0.396 e. The van der Waals surface area contributed by atoms with Gasteiger partial charge in [0.25, 0.3) is 0 Å². The number of hydrogen-bond acceptors (Lipinski definition) is 3. The maximum absolute atomic E-state index is 9.33. The van der Waals surface area contributed by atoms with Crippen molar-refractivity contribution in [3.63, 3.8) is 0 Å². The third-order valence-corrected chi connectivity index (χ3v) is 2.78. The molecule has 0 radical (unpaired) electrons. The highest BCUT2D eigenvalue weighted by Gasteiger charge is 2.44. The Morgan fingerprint density at radius 2 is 2.08 bits per heavy atom. The van der Waals surface area contributed by atoms with Gasteiger partial charge in [-0.15, -0.1) is 0 Å². The molecule has 1 saturated carbocycles. The predicted molar refractivity (Wildman–Crippen MR) is 48.3 cm³/mol. The summed E-state index contributed by atoms with van der Waals surface area (Å²) in [4.78, 5) is 0. The highest BCUT2D eigenvalue weighted by atomic mass is 16.7. The van der Waals surface area contributed by atoms with Gasteiger partial charge in [-0.2, -0.15) is 0 Å². The monoisotopic (exact) mass is 188 g/mol. The lowest BCUT2D eigenvalue weighted by atomic mass is 9.86. The molecule has 1 aliphatic heterocycles. The highest BCUT2D eigenvalue weighted by molar-refractivity contribution is 4.87. The van der Waals surface area contributed by atoms with Crippen LogP contribution < -0.4 is 0 Å². The Morgan fingerprint density at radius 1 is 1.38 bits per heavy atom. The van der Waals surface area contributed by atoms with E-state index in [1.54, 1.807) is 0 Å². The minimum absolute atomic E-state index is 0.0681. The first-order chi connectivity index (χ1) is 6.78. The summed E-state index contributed by atoms with van der Waals surface area (Å²) in [6.45, 7) is 1.64. The van der Waals surface area contributed by atoms with Gasteiger partial charge in [-0.3, -0.25) is 0 Å². The zero-order chi connectivity index (χ0) is 11.3. The van der Waals surface area contributed by atoms with Crippen LogP contribution in [0.1, 0.15) is 35.9 Å². The SMILES string of the molecule is [2H]C([2H])(O)C1CC[C@@H]2OC(C)(C)O[C@@H]2C1. The van der Waals surface area contributed by atoms with E-state index in [4.69, 9.17) is 12.2 Å². The second-order valence-electron chi connectivity index (χ2n) is 4.35. The van der Waals surface area contributed by atoms with Crippen molar-refractivity contribution < 1.29 is 17.3 Å². The number of rotatable bonds is 1. The standard InChI is InChI=1S/C10H18O3/c1-10(2)12-8-4-3-7(6-11)5-9(8)13-10/h7-9,11H,3-6H2,1-2H3/t7?,8-,9+/m0/s1/i6D2. The van der Waals surface area contributed by atoms with Gasteiger partial charge in [-0.25, -0.2) is 0 Å². The normalized spacial score (nSPS) is 46.5. The average Bonchev–Trinajstić information content (AvgIpc) is 2.34. The fraction of sp³-hybridized carbons (Fsp3) is 1.00. The van der Waals surface area contributed by atoms with Gasteiger partial charge in [-0.05, 0) is 39.0 Å². The topological polar surface area (TPSA) is 38.7 Å². The van der Waals surface area contributed by atoms with Crippen molar-refractivity contribution in [1.29, 1.82) is 0 Å². The molecule has 13 heavy (non-hydrogen) atoms. The largest absolute Gasteiger partial charge is 0.396 e. The molecule has 0 aromatic heterocycles. The summed E-state index contributed by atoms with van der Waals surface area (Å²) in [6.07, 6.45) is 1.96. The average molecular weight is 188 g/mol.